The minimum atomic E-state index is -0.175. The van der Waals surface area contributed by atoms with Gasteiger partial charge in [0.05, 0.1) is 12.2 Å². The molecule has 1 heterocycles. The number of rotatable bonds is 4. The van der Waals surface area contributed by atoms with Gasteiger partial charge in [0.1, 0.15) is 11.8 Å². The summed E-state index contributed by atoms with van der Waals surface area (Å²) in [5.41, 5.74) is 1.04. The van der Waals surface area contributed by atoms with Gasteiger partial charge in [-0.2, -0.15) is 5.26 Å². The largest absolute Gasteiger partial charge is 0.491 e. The fourth-order valence-corrected chi connectivity index (χ4v) is 3.32. The van der Waals surface area contributed by atoms with Crippen LogP contribution in [0.4, 0.5) is 0 Å². The van der Waals surface area contributed by atoms with Gasteiger partial charge >= 0.3 is 0 Å². The summed E-state index contributed by atoms with van der Waals surface area (Å²) in [7, 11) is 0. The van der Waals surface area contributed by atoms with E-state index in [0.717, 1.165) is 24.4 Å². The highest BCUT2D eigenvalue weighted by Gasteiger charge is 2.28. The molecule has 1 fully saturated rings. The van der Waals surface area contributed by atoms with E-state index in [1.807, 2.05) is 38.1 Å². The van der Waals surface area contributed by atoms with Gasteiger partial charge in [-0.3, -0.25) is 4.90 Å². The van der Waals surface area contributed by atoms with E-state index in [1.54, 1.807) is 0 Å². The molecule has 3 nitrogen and oxygen atoms in total. The van der Waals surface area contributed by atoms with Gasteiger partial charge in [-0.15, -0.1) is 0 Å². The molecule has 0 bridgehead atoms. The van der Waals surface area contributed by atoms with Crippen molar-refractivity contribution in [1.29, 1.82) is 5.26 Å². The molecule has 1 aromatic carbocycles. The number of nitriles is 1. The maximum atomic E-state index is 9.64. The Morgan fingerprint density at radius 2 is 1.90 bits per heavy atom. The van der Waals surface area contributed by atoms with E-state index < -0.39 is 0 Å². The fraction of sp³-hybridized carbons (Fsp3) is 0.611. The van der Waals surface area contributed by atoms with Crippen molar-refractivity contribution in [2.24, 2.45) is 11.8 Å². The summed E-state index contributed by atoms with van der Waals surface area (Å²) in [4.78, 5) is 2.31. The van der Waals surface area contributed by atoms with Gasteiger partial charge in [0.15, 0.2) is 0 Å². The van der Waals surface area contributed by atoms with Crippen molar-refractivity contribution in [3.05, 3.63) is 29.8 Å². The summed E-state index contributed by atoms with van der Waals surface area (Å²) in [6.45, 7) is 10.6. The van der Waals surface area contributed by atoms with Crippen molar-refractivity contribution in [3.8, 4) is 11.8 Å². The third kappa shape index (κ3) is 4.22. The quantitative estimate of drug-likeness (QED) is 0.839. The highest BCUT2D eigenvalue weighted by atomic mass is 16.5. The Kier molecular flexibility index (Phi) is 5.25. The van der Waals surface area contributed by atoms with Crippen LogP contribution >= 0.6 is 0 Å². The Bertz CT molecular complexity index is 496. The van der Waals surface area contributed by atoms with Crippen molar-refractivity contribution in [2.75, 3.05) is 13.1 Å². The standard InChI is InChI=1S/C18H26N2O/c1-13(2)21-17-7-5-6-16(9-17)18(10-19)20-11-14(3)8-15(4)12-20/h5-7,9,13-15,18H,8,11-12H2,1-4H3. The first-order valence-corrected chi connectivity index (χ1v) is 7.90. The third-order valence-electron chi connectivity index (χ3n) is 3.93. The van der Waals surface area contributed by atoms with Crippen LogP contribution < -0.4 is 4.74 Å². The minimum absolute atomic E-state index is 0.149. The zero-order valence-electron chi connectivity index (χ0n) is 13.5. The van der Waals surface area contributed by atoms with E-state index in [1.165, 1.54) is 6.42 Å². The Morgan fingerprint density at radius 1 is 1.24 bits per heavy atom. The van der Waals surface area contributed by atoms with Crippen LogP contribution in [0.25, 0.3) is 0 Å². The van der Waals surface area contributed by atoms with Crippen LogP contribution in [0, 0.1) is 23.2 Å². The third-order valence-corrected chi connectivity index (χ3v) is 3.93. The molecule has 0 aliphatic carbocycles. The molecule has 0 amide bonds. The molecule has 114 valence electrons. The Hall–Kier alpha value is -1.53. The molecule has 3 heteroatoms. The maximum absolute atomic E-state index is 9.64. The number of ether oxygens (including phenoxy) is 1. The molecule has 3 unspecified atom stereocenters. The average molecular weight is 286 g/mol. The SMILES string of the molecule is CC1CC(C)CN(C(C#N)c2cccc(OC(C)C)c2)C1. The van der Waals surface area contributed by atoms with Gasteiger partial charge in [0.2, 0.25) is 0 Å². The number of hydrogen-bond acceptors (Lipinski definition) is 3. The lowest BCUT2D eigenvalue weighted by Crippen LogP contribution is -2.40. The van der Waals surface area contributed by atoms with Crippen LogP contribution in [0.5, 0.6) is 5.75 Å². The topological polar surface area (TPSA) is 36.3 Å². The minimum Gasteiger partial charge on any atom is -0.491 e. The van der Waals surface area contributed by atoms with E-state index in [4.69, 9.17) is 4.74 Å². The fourth-order valence-electron chi connectivity index (χ4n) is 3.32. The molecule has 0 N–H and O–H groups in total. The molecular weight excluding hydrogens is 260 g/mol. The second-order valence-corrected chi connectivity index (χ2v) is 6.67. The zero-order chi connectivity index (χ0) is 15.4. The molecule has 21 heavy (non-hydrogen) atoms. The van der Waals surface area contributed by atoms with Gasteiger partial charge < -0.3 is 4.74 Å². The van der Waals surface area contributed by atoms with Crippen molar-refractivity contribution in [3.63, 3.8) is 0 Å². The van der Waals surface area contributed by atoms with Crippen molar-refractivity contribution < 1.29 is 4.74 Å². The number of hydrogen-bond donors (Lipinski definition) is 0. The molecule has 1 aliphatic heterocycles. The lowest BCUT2D eigenvalue weighted by Gasteiger charge is -2.37. The van der Waals surface area contributed by atoms with Gasteiger partial charge in [-0.05, 0) is 49.8 Å². The van der Waals surface area contributed by atoms with Crippen LogP contribution in [0.1, 0.15) is 45.7 Å². The molecule has 0 saturated carbocycles. The second-order valence-electron chi connectivity index (χ2n) is 6.67. The first-order valence-electron chi connectivity index (χ1n) is 7.90. The molecular formula is C18H26N2O. The molecule has 0 aromatic heterocycles. The van der Waals surface area contributed by atoms with E-state index in [-0.39, 0.29) is 12.1 Å². The summed E-state index contributed by atoms with van der Waals surface area (Å²) < 4.78 is 5.75. The van der Waals surface area contributed by atoms with Crippen LogP contribution in [-0.4, -0.2) is 24.1 Å². The summed E-state index contributed by atoms with van der Waals surface area (Å²) in [6.07, 6.45) is 1.40. The average Bonchev–Trinajstić information content (AvgIpc) is 2.38. The van der Waals surface area contributed by atoms with Gasteiger partial charge in [-0.25, -0.2) is 0 Å². The maximum Gasteiger partial charge on any atom is 0.124 e. The van der Waals surface area contributed by atoms with E-state index in [0.29, 0.717) is 11.8 Å². The van der Waals surface area contributed by atoms with Crippen LogP contribution in [0.2, 0.25) is 0 Å². The monoisotopic (exact) mass is 286 g/mol. The Balaban J connectivity index is 2.19. The number of piperidine rings is 1. The van der Waals surface area contributed by atoms with E-state index in [9.17, 15) is 5.26 Å². The van der Waals surface area contributed by atoms with Crippen LogP contribution in [0.3, 0.4) is 0 Å². The van der Waals surface area contributed by atoms with Crippen molar-refractivity contribution in [1.82, 2.24) is 4.90 Å². The van der Waals surface area contributed by atoms with Crippen molar-refractivity contribution in [2.45, 2.75) is 46.3 Å². The second kappa shape index (κ2) is 6.95. The van der Waals surface area contributed by atoms with E-state index in [2.05, 4.69) is 24.8 Å². The first kappa shape index (κ1) is 15.9. The number of likely N-dealkylation sites (tertiary alicyclic amines) is 1. The molecule has 2 rings (SSSR count). The van der Waals surface area contributed by atoms with E-state index >= 15 is 0 Å². The van der Waals surface area contributed by atoms with Crippen LogP contribution in [-0.2, 0) is 0 Å². The van der Waals surface area contributed by atoms with Gasteiger partial charge in [0.25, 0.3) is 0 Å². The predicted octanol–water partition coefficient (Wildman–Crippen LogP) is 4.02. The van der Waals surface area contributed by atoms with Gasteiger partial charge in [-0.1, -0.05) is 26.0 Å². The molecule has 0 radical (unpaired) electrons. The van der Waals surface area contributed by atoms with Gasteiger partial charge in [0, 0.05) is 13.1 Å². The summed E-state index contributed by atoms with van der Waals surface area (Å²) in [5, 5.41) is 9.64. The lowest BCUT2D eigenvalue weighted by atomic mass is 9.90. The normalized spacial score (nSPS) is 24.6. The lowest BCUT2D eigenvalue weighted by molar-refractivity contribution is 0.117. The molecule has 1 aliphatic rings. The summed E-state index contributed by atoms with van der Waals surface area (Å²) in [5.74, 6) is 2.15. The zero-order valence-corrected chi connectivity index (χ0v) is 13.5. The molecule has 1 saturated heterocycles. The number of benzene rings is 1. The summed E-state index contributed by atoms with van der Waals surface area (Å²) in [6, 6.07) is 10.3. The first-order chi connectivity index (χ1) is 9.99. The Morgan fingerprint density at radius 3 is 2.48 bits per heavy atom. The molecule has 0 spiro atoms. The predicted molar refractivity (Wildman–Crippen MR) is 85.1 cm³/mol. The smallest absolute Gasteiger partial charge is 0.124 e. The highest BCUT2D eigenvalue weighted by molar-refractivity contribution is 5.33. The highest BCUT2D eigenvalue weighted by Crippen LogP contribution is 2.30. The summed E-state index contributed by atoms with van der Waals surface area (Å²) >= 11 is 0. The molecule has 1 aromatic rings. The molecule has 3 atom stereocenters. The Labute approximate surface area is 128 Å². The van der Waals surface area contributed by atoms with Crippen molar-refractivity contribution >= 4 is 0 Å². The van der Waals surface area contributed by atoms with Crippen LogP contribution in [0.15, 0.2) is 24.3 Å². The number of nitrogens with zero attached hydrogens (tertiary/aromatic N) is 2.